The summed E-state index contributed by atoms with van der Waals surface area (Å²) in [4.78, 5) is 31.7. The molecule has 1 fully saturated rings. The van der Waals surface area contributed by atoms with Crippen molar-refractivity contribution < 1.29 is 9.59 Å². The standard InChI is InChI=1S/C22H22N4O2.ClH/c1-16(27)25-11-13-26(14-12-25)22-23-20(21(28)24-22)15-17-7-9-19(10-8-17)18-5-3-2-4-6-18;/h2-10,15H,11-14H2,1H3,(H,23,24,28);1H/b20-15-;. The smallest absolute Gasteiger partial charge is 0.296 e. The molecule has 0 saturated carbocycles. The molecule has 2 heterocycles. The molecule has 150 valence electrons. The SMILES string of the molecule is CC(=O)N1CCN(C2=NC(=O)/C(=C/c3ccc(-c4ccccc4)cc3)N2)CC1.Cl. The second kappa shape index (κ2) is 8.92. The molecule has 6 nitrogen and oxygen atoms in total. The molecule has 29 heavy (non-hydrogen) atoms. The van der Waals surface area contributed by atoms with Gasteiger partial charge in [-0.25, -0.2) is 0 Å². The number of benzene rings is 2. The van der Waals surface area contributed by atoms with Gasteiger partial charge < -0.3 is 15.1 Å². The molecule has 0 spiro atoms. The van der Waals surface area contributed by atoms with Crippen LogP contribution in [0.2, 0.25) is 0 Å². The van der Waals surface area contributed by atoms with Crippen molar-refractivity contribution >= 4 is 36.3 Å². The van der Waals surface area contributed by atoms with Crippen LogP contribution < -0.4 is 5.32 Å². The van der Waals surface area contributed by atoms with Crippen LogP contribution in [0.4, 0.5) is 0 Å². The Balaban J connectivity index is 0.00000240. The monoisotopic (exact) mass is 410 g/mol. The Morgan fingerprint density at radius 3 is 2.21 bits per heavy atom. The van der Waals surface area contributed by atoms with Gasteiger partial charge in [-0.3, -0.25) is 9.59 Å². The number of aliphatic imine (C=N–C) groups is 1. The zero-order valence-electron chi connectivity index (χ0n) is 16.2. The number of carbonyl (C=O) groups is 2. The highest BCUT2D eigenvalue weighted by Gasteiger charge is 2.27. The van der Waals surface area contributed by atoms with E-state index >= 15 is 0 Å². The van der Waals surface area contributed by atoms with Gasteiger partial charge in [0.2, 0.25) is 11.9 Å². The summed E-state index contributed by atoms with van der Waals surface area (Å²) in [5.41, 5.74) is 3.70. The van der Waals surface area contributed by atoms with Crippen LogP contribution in [0.1, 0.15) is 12.5 Å². The van der Waals surface area contributed by atoms with Crippen LogP contribution in [0.3, 0.4) is 0 Å². The van der Waals surface area contributed by atoms with Gasteiger partial charge in [0, 0.05) is 33.1 Å². The first-order valence-corrected chi connectivity index (χ1v) is 9.38. The zero-order valence-corrected chi connectivity index (χ0v) is 17.0. The maximum atomic E-state index is 12.3. The number of halogens is 1. The summed E-state index contributed by atoms with van der Waals surface area (Å²) >= 11 is 0. The van der Waals surface area contributed by atoms with Crippen LogP contribution in [-0.4, -0.2) is 53.8 Å². The molecular formula is C22H23ClN4O2. The van der Waals surface area contributed by atoms with Gasteiger partial charge in [0.25, 0.3) is 5.91 Å². The van der Waals surface area contributed by atoms with Crippen molar-refractivity contribution in [1.29, 1.82) is 0 Å². The molecule has 1 N–H and O–H groups in total. The summed E-state index contributed by atoms with van der Waals surface area (Å²) < 4.78 is 0. The number of nitrogens with one attached hydrogen (secondary N) is 1. The molecule has 2 aliphatic heterocycles. The molecular weight excluding hydrogens is 388 g/mol. The van der Waals surface area contributed by atoms with E-state index in [9.17, 15) is 9.59 Å². The second-order valence-electron chi connectivity index (χ2n) is 6.90. The fourth-order valence-electron chi connectivity index (χ4n) is 3.41. The summed E-state index contributed by atoms with van der Waals surface area (Å²) in [6, 6.07) is 18.2. The van der Waals surface area contributed by atoms with Crippen LogP contribution in [0.25, 0.3) is 17.2 Å². The Hall–Kier alpha value is -3.12. The van der Waals surface area contributed by atoms with E-state index in [1.165, 1.54) is 0 Å². The normalized spacial score (nSPS) is 17.6. The molecule has 0 bridgehead atoms. The van der Waals surface area contributed by atoms with Gasteiger partial charge in [-0.1, -0.05) is 54.6 Å². The quantitative estimate of drug-likeness (QED) is 0.773. The zero-order chi connectivity index (χ0) is 19.5. The van der Waals surface area contributed by atoms with Gasteiger partial charge >= 0.3 is 0 Å². The van der Waals surface area contributed by atoms with Crippen LogP contribution in [0.15, 0.2) is 65.3 Å². The average Bonchev–Trinajstić information content (AvgIpc) is 3.09. The van der Waals surface area contributed by atoms with Gasteiger partial charge in [0.15, 0.2) is 0 Å². The van der Waals surface area contributed by atoms with Gasteiger partial charge in [-0.05, 0) is 22.8 Å². The van der Waals surface area contributed by atoms with Gasteiger partial charge in [-0.2, -0.15) is 4.99 Å². The van der Waals surface area contributed by atoms with Crippen LogP contribution in [-0.2, 0) is 9.59 Å². The van der Waals surface area contributed by atoms with Crippen molar-refractivity contribution in [2.75, 3.05) is 26.2 Å². The molecule has 0 radical (unpaired) electrons. The number of carbonyl (C=O) groups excluding carboxylic acids is 2. The lowest BCUT2D eigenvalue weighted by Gasteiger charge is -2.34. The third kappa shape index (κ3) is 4.66. The fourth-order valence-corrected chi connectivity index (χ4v) is 3.41. The van der Waals surface area contributed by atoms with E-state index in [0.29, 0.717) is 37.8 Å². The van der Waals surface area contributed by atoms with Crippen molar-refractivity contribution in [2.24, 2.45) is 4.99 Å². The molecule has 4 rings (SSSR count). The lowest BCUT2D eigenvalue weighted by molar-refractivity contribution is -0.130. The third-order valence-corrected chi connectivity index (χ3v) is 5.04. The van der Waals surface area contributed by atoms with E-state index in [1.54, 1.807) is 11.8 Å². The largest absolute Gasteiger partial charge is 0.339 e. The molecule has 0 aliphatic carbocycles. The van der Waals surface area contributed by atoms with Crippen molar-refractivity contribution in [2.45, 2.75) is 6.92 Å². The minimum Gasteiger partial charge on any atom is -0.339 e. The molecule has 1 saturated heterocycles. The predicted molar refractivity (Wildman–Crippen MR) is 117 cm³/mol. The number of rotatable bonds is 2. The first kappa shape index (κ1) is 20.6. The third-order valence-electron chi connectivity index (χ3n) is 5.04. The maximum Gasteiger partial charge on any atom is 0.296 e. The van der Waals surface area contributed by atoms with E-state index in [2.05, 4.69) is 22.4 Å². The van der Waals surface area contributed by atoms with Crippen LogP contribution >= 0.6 is 12.4 Å². The average molecular weight is 411 g/mol. The Labute approximate surface area is 176 Å². The Morgan fingerprint density at radius 1 is 0.966 bits per heavy atom. The number of hydrogen-bond acceptors (Lipinski definition) is 4. The first-order chi connectivity index (χ1) is 13.6. The highest BCUT2D eigenvalue weighted by Crippen LogP contribution is 2.20. The van der Waals surface area contributed by atoms with Crippen molar-refractivity contribution in [3.63, 3.8) is 0 Å². The summed E-state index contributed by atoms with van der Waals surface area (Å²) in [6.07, 6.45) is 1.82. The number of guanidine groups is 1. The van der Waals surface area contributed by atoms with Crippen LogP contribution in [0, 0.1) is 0 Å². The fraction of sp³-hybridized carbons (Fsp3) is 0.227. The second-order valence-corrected chi connectivity index (χ2v) is 6.90. The van der Waals surface area contributed by atoms with Crippen LogP contribution in [0.5, 0.6) is 0 Å². The summed E-state index contributed by atoms with van der Waals surface area (Å²) in [5.74, 6) is 0.382. The minimum atomic E-state index is -0.267. The van der Waals surface area contributed by atoms with Crippen molar-refractivity contribution in [3.05, 3.63) is 65.9 Å². The van der Waals surface area contributed by atoms with E-state index in [-0.39, 0.29) is 24.2 Å². The van der Waals surface area contributed by atoms with Gasteiger partial charge in [0.1, 0.15) is 5.70 Å². The summed E-state index contributed by atoms with van der Waals surface area (Å²) in [7, 11) is 0. The van der Waals surface area contributed by atoms with Gasteiger partial charge in [0.05, 0.1) is 0 Å². The number of nitrogens with zero attached hydrogens (tertiary/aromatic N) is 3. The van der Waals surface area contributed by atoms with Crippen molar-refractivity contribution in [1.82, 2.24) is 15.1 Å². The summed E-state index contributed by atoms with van der Waals surface area (Å²) in [6.45, 7) is 4.19. The number of hydrogen-bond donors (Lipinski definition) is 1. The maximum absolute atomic E-state index is 12.3. The first-order valence-electron chi connectivity index (χ1n) is 9.38. The number of piperazine rings is 1. The molecule has 2 amide bonds. The molecule has 2 aliphatic rings. The molecule has 2 aromatic carbocycles. The van der Waals surface area contributed by atoms with E-state index in [1.807, 2.05) is 53.4 Å². The molecule has 0 atom stereocenters. The van der Waals surface area contributed by atoms with E-state index in [4.69, 9.17) is 0 Å². The van der Waals surface area contributed by atoms with Crippen molar-refractivity contribution in [3.8, 4) is 11.1 Å². The Morgan fingerprint density at radius 2 is 1.59 bits per heavy atom. The van der Waals surface area contributed by atoms with E-state index in [0.717, 1.165) is 16.7 Å². The molecule has 2 aromatic rings. The lowest BCUT2D eigenvalue weighted by atomic mass is 10.0. The van der Waals surface area contributed by atoms with E-state index < -0.39 is 0 Å². The lowest BCUT2D eigenvalue weighted by Crippen LogP contribution is -2.52. The number of amides is 2. The molecule has 0 aromatic heterocycles. The minimum absolute atomic E-state index is 0. The molecule has 7 heteroatoms. The molecule has 0 unspecified atom stereocenters. The Bertz CT molecular complexity index is 947. The Kier molecular flexibility index (Phi) is 6.34. The highest BCUT2D eigenvalue weighted by atomic mass is 35.5. The highest BCUT2D eigenvalue weighted by molar-refractivity contribution is 6.12. The predicted octanol–water partition coefficient (Wildman–Crippen LogP) is 2.77. The van der Waals surface area contributed by atoms with Gasteiger partial charge in [-0.15, -0.1) is 12.4 Å². The topological polar surface area (TPSA) is 65.0 Å². The summed E-state index contributed by atoms with van der Waals surface area (Å²) in [5, 5.41) is 3.13.